The maximum atomic E-state index is 13.2. The van der Waals surface area contributed by atoms with Crippen molar-refractivity contribution in [1.82, 2.24) is 15.6 Å². The average molecular weight is 513 g/mol. The Kier molecular flexibility index (Phi) is 8.82. The molecule has 1 aromatic heterocycles. The molecule has 0 radical (unpaired) electrons. The summed E-state index contributed by atoms with van der Waals surface area (Å²) in [7, 11) is 1.53. The standard InChI is InChI=1S/C24H28ClF3N4O3/c1-14-11-19(25)18(24(26,27)28)13-20(14)32-23(34)31-15-5-3-4-6-16(8-7-15)35-17-9-10-30-21(12-17)22(33)29-2/h9-13,15-16H,3-8H2,1-2H3,(H,29,33)(H2,31,32,34). The first kappa shape index (κ1) is 26.6. The van der Waals surface area contributed by atoms with Crippen LogP contribution in [0.25, 0.3) is 0 Å². The third kappa shape index (κ3) is 7.48. The van der Waals surface area contributed by atoms with Gasteiger partial charge in [-0.1, -0.05) is 18.0 Å². The topological polar surface area (TPSA) is 92.4 Å². The highest BCUT2D eigenvalue weighted by Crippen LogP contribution is 2.37. The lowest BCUT2D eigenvalue weighted by Crippen LogP contribution is -2.39. The molecule has 35 heavy (non-hydrogen) atoms. The van der Waals surface area contributed by atoms with Gasteiger partial charge in [-0.3, -0.25) is 9.78 Å². The van der Waals surface area contributed by atoms with E-state index in [-0.39, 0.29) is 29.4 Å². The molecule has 3 rings (SSSR count). The minimum Gasteiger partial charge on any atom is -0.490 e. The maximum absolute atomic E-state index is 13.2. The third-order valence-electron chi connectivity index (χ3n) is 5.86. The van der Waals surface area contributed by atoms with Crippen molar-refractivity contribution in [2.75, 3.05) is 12.4 Å². The van der Waals surface area contributed by atoms with Gasteiger partial charge in [0.25, 0.3) is 5.91 Å². The van der Waals surface area contributed by atoms with E-state index in [9.17, 15) is 22.8 Å². The van der Waals surface area contributed by atoms with Gasteiger partial charge in [-0.2, -0.15) is 13.2 Å². The van der Waals surface area contributed by atoms with Crippen molar-refractivity contribution in [2.24, 2.45) is 0 Å². The van der Waals surface area contributed by atoms with Gasteiger partial charge in [0.2, 0.25) is 0 Å². The molecule has 1 saturated carbocycles. The van der Waals surface area contributed by atoms with Gasteiger partial charge < -0.3 is 20.7 Å². The molecule has 2 unspecified atom stereocenters. The third-order valence-corrected chi connectivity index (χ3v) is 6.18. The lowest BCUT2D eigenvalue weighted by Gasteiger charge is -2.26. The zero-order chi connectivity index (χ0) is 25.6. The lowest BCUT2D eigenvalue weighted by molar-refractivity contribution is -0.137. The molecular weight excluding hydrogens is 485 g/mol. The highest BCUT2D eigenvalue weighted by atomic mass is 35.5. The largest absolute Gasteiger partial charge is 0.490 e. The molecule has 1 fully saturated rings. The highest BCUT2D eigenvalue weighted by molar-refractivity contribution is 6.31. The zero-order valence-corrected chi connectivity index (χ0v) is 20.2. The Labute approximate surface area is 206 Å². The van der Waals surface area contributed by atoms with Gasteiger partial charge in [0, 0.05) is 31.0 Å². The number of nitrogens with zero attached hydrogens (tertiary/aromatic N) is 1. The molecule has 3 amide bonds. The number of nitrogens with one attached hydrogen (secondary N) is 3. The second kappa shape index (κ2) is 11.6. The number of benzene rings is 1. The molecule has 2 atom stereocenters. The van der Waals surface area contributed by atoms with Gasteiger partial charge in [-0.15, -0.1) is 0 Å². The van der Waals surface area contributed by atoms with Crippen molar-refractivity contribution in [3.63, 3.8) is 0 Å². The highest BCUT2D eigenvalue weighted by Gasteiger charge is 2.34. The fraction of sp³-hybridized carbons (Fsp3) is 0.458. The maximum Gasteiger partial charge on any atom is 0.417 e. The van der Waals surface area contributed by atoms with Gasteiger partial charge in [-0.25, -0.2) is 4.79 Å². The molecule has 1 aromatic carbocycles. The predicted molar refractivity (Wildman–Crippen MR) is 127 cm³/mol. The first-order valence-electron chi connectivity index (χ1n) is 11.4. The number of ether oxygens (including phenoxy) is 1. The number of hydrogen-bond donors (Lipinski definition) is 3. The number of urea groups is 1. The summed E-state index contributed by atoms with van der Waals surface area (Å²) in [6, 6.07) is 4.58. The summed E-state index contributed by atoms with van der Waals surface area (Å²) in [5.74, 6) is 0.242. The molecule has 0 aliphatic heterocycles. The van der Waals surface area contributed by atoms with Crippen molar-refractivity contribution in [3.8, 4) is 5.75 Å². The Morgan fingerprint density at radius 2 is 1.86 bits per heavy atom. The molecule has 1 heterocycles. The smallest absolute Gasteiger partial charge is 0.417 e. The number of pyridine rings is 1. The fourth-order valence-corrected chi connectivity index (χ4v) is 4.32. The first-order chi connectivity index (χ1) is 16.6. The Morgan fingerprint density at radius 1 is 1.11 bits per heavy atom. The van der Waals surface area contributed by atoms with Gasteiger partial charge in [0.15, 0.2) is 0 Å². The summed E-state index contributed by atoms with van der Waals surface area (Å²) < 4.78 is 45.6. The zero-order valence-electron chi connectivity index (χ0n) is 19.5. The summed E-state index contributed by atoms with van der Waals surface area (Å²) in [5.41, 5.74) is -0.256. The monoisotopic (exact) mass is 512 g/mol. The summed E-state index contributed by atoms with van der Waals surface area (Å²) >= 11 is 5.73. The molecule has 2 aromatic rings. The Balaban J connectivity index is 1.59. The normalized spacial score (nSPS) is 18.7. The van der Waals surface area contributed by atoms with Crippen LogP contribution in [0.4, 0.5) is 23.7 Å². The Morgan fingerprint density at radius 3 is 2.57 bits per heavy atom. The van der Waals surface area contributed by atoms with E-state index >= 15 is 0 Å². The minimum absolute atomic E-state index is 0.0517. The van der Waals surface area contributed by atoms with Crippen LogP contribution in [0.2, 0.25) is 5.02 Å². The summed E-state index contributed by atoms with van der Waals surface area (Å²) in [6.45, 7) is 1.58. The van der Waals surface area contributed by atoms with Crippen LogP contribution in [0.3, 0.4) is 0 Å². The van der Waals surface area contributed by atoms with Crippen LogP contribution < -0.4 is 20.7 Å². The SMILES string of the molecule is CNC(=O)c1cc(OC2CCCCC(NC(=O)Nc3cc(C(F)(F)F)c(Cl)cc3C)CC2)ccn1. The number of hydrogen-bond acceptors (Lipinski definition) is 4. The van der Waals surface area contributed by atoms with Crippen molar-refractivity contribution in [3.05, 3.63) is 52.3 Å². The molecule has 1 aliphatic rings. The number of rotatable bonds is 5. The molecule has 1 aliphatic carbocycles. The van der Waals surface area contributed by atoms with Gasteiger partial charge in [-0.05, 0) is 62.8 Å². The van der Waals surface area contributed by atoms with E-state index in [0.29, 0.717) is 24.2 Å². The second-order valence-electron chi connectivity index (χ2n) is 8.50. The van der Waals surface area contributed by atoms with E-state index in [4.69, 9.17) is 16.3 Å². The van der Waals surface area contributed by atoms with Crippen LogP contribution in [0.1, 0.15) is 60.1 Å². The van der Waals surface area contributed by atoms with Gasteiger partial charge >= 0.3 is 12.2 Å². The van der Waals surface area contributed by atoms with E-state index in [1.165, 1.54) is 19.3 Å². The van der Waals surface area contributed by atoms with Gasteiger partial charge in [0.05, 0.1) is 16.7 Å². The molecule has 0 spiro atoms. The predicted octanol–water partition coefficient (Wildman–Crippen LogP) is 5.71. The molecule has 0 saturated heterocycles. The van der Waals surface area contributed by atoms with Crippen LogP contribution in [0.5, 0.6) is 5.75 Å². The van der Waals surface area contributed by atoms with E-state index in [1.54, 1.807) is 19.1 Å². The van der Waals surface area contributed by atoms with E-state index in [2.05, 4.69) is 20.9 Å². The minimum atomic E-state index is -4.62. The number of aryl methyl sites for hydroxylation is 1. The van der Waals surface area contributed by atoms with Crippen molar-refractivity contribution < 1.29 is 27.5 Å². The number of carbonyl (C=O) groups excluding carboxylic acids is 2. The molecule has 11 heteroatoms. The summed E-state index contributed by atoms with van der Waals surface area (Å²) in [4.78, 5) is 28.4. The summed E-state index contributed by atoms with van der Waals surface area (Å²) in [5, 5.41) is 7.50. The Hall–Kier alpha value is -3.01. The van der Waals surface area contributed by atoms with E-state index in [1.807, 2.05) is 0 Å². The van der Waals surface area contributed by atoms with Crippen LogP contribution in [-0.2, 0) is 6.18 Å². The first-order valence-corrected chi connectivity index (χ1v) is 11.7. The van der Waals surface area contributed by atoms with Crippen LogP contribution in [0, 0.1) is 6.92 Å². The number of alkyl halides is 3. The number of anilines is 1. The average Bonchev–Trinajstić information content (AvgIpc) is 2.78. The Bertz CT molecular complexity index is 1060. The fourth-order valence-electron chi connectivity index (χ4n) is 4.00. The lowest BCUT2D eigenvalue weighted by atomic mass is 9.95. The van der Waals surface area contributed by atoms with E-state index < -0.39 is 22.8 Å². The number of halogens is 4. The molecule has 3 N–H and O–H groups in total. The quantitative estimate of drug-likeness (QED) is 0.478. The summed E-state index contributed by atoms with van der Waals surface area (Å²) in [6.07, 6.45) is 1.44. The number of carbonyl (C=O) groups is 2. The number of amides is 3. The van der Waals surface area contributed by atoms with Crippen LogP contribution >= 0.6 is 11.6 Å². The van der Waals surface area contributed by atoms with Crippen molar-refractivity contribution in [1.29, 1.82) is 0 Å². The van der Waals surface area contributed by atoms with Crippen molar-refractivity contribution >= 4 is 29.2 Å². The second-order valence-corrected chi connectivity index (χ2v) is 8.90. The molecule has 0 bridgehead atoms. The van der Waals surface area contributed by atoms with Gasteiger partial charge in [0.1, 0.15) is 11.4 Å². The molecular formula is C24H28ClF3N4O3. The van der Waals surface area contributed by atoms with E-state index in [0.717, 1.165) is 31.7 Å². The van der Waals surface area contributed by atoms with Crippen LogP contribution in [0.15, 0.2) is 30.5 Å². The number of aromatic nitrogens is 1. The molecule has 190 valence electrons. The molecule has 7 nitrogen and oxygen atoms in total. The van der Waals surface area contributed by atoms with Crippen molar-refractivity contribution in [2.45, 2.75) is 63.8 Å². The van der Waals surface area contributed by atoms with Crippen LogP contribution in [-0.4, -0.2) is 36.1 Å².